The Hall–Kier alpha value is -0.510. The number of nitrogens with one attached hydrogen (secondary N) is 1. The quantitative estimate of drug-likeness (QED) is 0.863. The molecular formula is C14H22ClNO2. The van der Waals surface area contributed by atoms with Crippen LogP contribution in [0.5, 0.6) is 0 Å². The molecule has 18 heavy (non-hydrogen) atoms. The lowest BCUT2D eigenvalue weighted by Gasteiger charge is -2.35. The summed E-state index contributed by atoms with van der Waals surface area (Å²) in [5.41, 5.74) is -0.540. The van der Waals surface area contributed by atoms with Gasteiger partial charge in [0.15, 0.2) is 5.22 Å². The minimum Gasteiger partial charge on any atom is -0.448 e. The van der Waals surface area contributed by atoms with E-state index >= 15 is 0 Å². The van der Waals surface area contributed by atoms with E-state index in [0.717, 1.165) is 37.4 Å². The van der Waals surface area contributed by atoms with E-state index in [1.165, 1.54) is 6.42 Å². The molecule has 0 atom stereocenters. The smallest absolute Gasteiger partial charge is 0.193 e. The molecule has 1 heterocycles. The summed E-state index contributed by atoms with van der Waals surface area (Å²) in [6.45, 7) is 3.47. The van der Waals surface area contributed by atoms with E-state index in [0.29, 0.717) is 18.3 Å². The maximum Gasteiger partial charge on any atom is 0.193 e. The number of hydrogen-bond acceptors (Lipinski definition) is 3. The molecule has 1 aliphatic rings. The summed E-state index contributed by atoms with van der Waals surface area (Å²) in [5, 5.41) is 14.1. The molecule has 0 unspecified atom stereocenters. The summed E-state index contributed by atoms with van der Waals surface area (Å²) in [5.74, 6) is 1.61. The first-order valence-corrected chi connectivity index (χ1v) is 7.16. The van der Waals surface area contributed by atoms with Gasteiger partial charge in [-0.3, -0.25) is 0 Å². The van der Waals surface area contributed by atoms with Crippen molar-refractivity contribution in [2.45, 2.75) is 51.2 Å². The average Bonchev–Trinajstić information content (AvgIpc) is 2.76. The van der Waals surface area contributed by atoms with Crippen molar-refractivity contribution in [1.82, 2.24) is 5.32 Å². The molecular weight excluding hydrogens is 250 g/mol. The summed E-state index contributed by atoms with van der Waals surface area (Å²) < 4.78 is 5.26. The maximum atomic E-state index is 10.4. The van der Waals surface area contributed by atoms with E-state index < -0.39 is 5.60 Å². The fraction of sp³-hybridized carbons (Fsp3) is 0.714. The third-order valence-electron chi connectivity index (χ3n) is 4.00. The van der Waals surface area contributed by atoms with E-state index in [1.54, 1.807) is 6.07 Å². The minimum atomic E-state index is -0.540. The molecule has 3 nitrogen and oxygen atoms in total. The van der Waals surface area contributed by atoms with Crippen LogP contribution < -0.4 is 5.32 Å². The Balaban J connectivity index is 1.73. The second-order valence-corrected chi connectivity index (χ2v) is 5.76. The minimum absolute atomic E-state index is 0.411. The molecule has 0 bridgehead atoms. The molecule has 0 saturated heterocycles. The van der Waals surface area contributed by atoms with Crippen LogP contribution in [-0.2, 0) is 6.54 Å². The van der Waals surface area contributed by atoms with Gasteiger partial charge in [0.2, 0.25) is 0 Å². The highest BCUT2D eigenvalue weighted by Crippen LogP contribution is 2.33. The monoisotopic (exact) mass is 271 g/mol. The normalized spacial score (nSPS) is 28.5. The summed E-state index contributed by atoms with van der Waals surface area (Å²) in [7, 11) is 0. The molecule has 0 aliphatic heterocycles. The van der Waals surface area contributed by atoms with Gasteiger partial charge in [-0.25, -0.2) is 0 Å². The second-order valence-electron chi connectivity index (χ2n) is 5.39. The molecule has 1 aromatic heterocycles. The van der Waals surface area contributed by atoms with Crippen LogP contribution in [0.15, 0.2) is 16.5 Å². The lowest BCUT2D eigenvalue weighted by Crippen LogP contribution is -2.43. The molecule has 1 aromatic rings. The van der Waals surface area contributed by atoms with Gasteiger partial charge in [0.1, 0.15) is 5.76 Å². The van der Waals surface area contributed by atoms with Crippen LogP contribution in [0.3, 0.4) is 0 Å². The van der Waals surface area contributed by atoms with E-state index in [4.69, 9.17) is 16.0 Å². The Kier molecular flexibility index (Phi) is 4.71. The number of rotatable bonds is 5. The van der Waals surface area contributed by atoms with Crippen molar-refractivity contribution in [3.05, 3.63) is 23.1 Å². The van der Waals surface area contributed by atoms with Crippen LogP contribution in [0.1, 0.15) is 44.8 Å². The number of furan rings is 1. The lowest BCUT2D eigenvalue weighted by molar-refractivity contribution is -0.00906. The van der Waals surface area contributed by atoms with Crippen LogP contribution in [0.4, 0.5) is 0 Å². The Bertz CT molecular complexity index is 370. The Morgan fingerprint density at radius 1 is 1.44 bits per heavy atom. The predicted octanol–water partition coefficient (Wildman–Crippen LogP) is 3.35. The van der Waals surface area contributed by atoms with Gasteiger partial charge in [-0.05, 0) is 55.3 Å². The number of aliphatic hydroxyl groups is 1. The first kappa shape index (κ1) is 13.9. The molecule has 0 aromatic carbocycles. The first-order valence-electron chi connectivity index (χ1n) is 6.78. The molecule has 2 rings (SSSR count). The summed E-state index contributed by atoms with van der Waals surface area (Å²) in [6.07, 6.45) is 5.31. The van der Waals surface area contributed by atoms with Crippen molar-refractivity contribution in [3.63, 3.8) is 0 Å². The molecule has 102 valence electrons. The molecule has 0 radical (unpaired) electrons. The van der Waals surface area contributed by atoms with Crippen LogP contribution in [0.25, 0.3) is 0 Å². The van der Waals surface area contributed by atoms with E-state index in [-0.39, 0.29) is 0 Å². The van der Waals surface area contributed by atoms with Gasteiger partial charge in [-0.1, -0.05) is 13.3 Å². The van der Waals surface area contributed by atoms with Crippen LogP contribution in [0.2, 0.25) is 5.22 Å². The number of halogens is 1. The molecule has 4 heteroatoms. The van der Waals surface area contributed by atoms with Crippen molar-refractivity contribution in [2.75, 3.05) is 6.54 Å². The second kappa shape index (κ2) is 6.09. The maximum absolute atomic E-state index is 10.4. The highest BCUT2D eigenvalue weighted by Gasteiger charge is 2.32. The third kappa shape index (κ3) is 3.74. The highest BCUT2D eigenvalue weighted by molar-refractivity contribution is 6.28. The van der Waals surface area contributed by atoms with Gasteiger partial charge in [-0.2, -0.15) is 0 Å². The Morgan fingerprint density at radius 3 is 2.72 bits per heavy atom. The summed E-state index contributed by atoms with van der Waals surface area (Å²) >= 11 is 5.70. The largest absolute Gasteiger partial charge is 0.448 e. The van der Waals surface area contributed by atoms with Crippen molar-refractivity contribution in [1.29, 1.82) is 0 Å². The molecule has 1 saturated carbocycles. The summed E-state index contributed by atoms with van der Waals surface area (Å²) in [4.78, 5) is 0. The van der Waals surface area contributed by atoms with Gasteiger partial charge in [-0.15, -0.1) is 0 Å². The SMILES string of the molecule is CCC1CCC(O)(CNCc2ccc(Cl)o2)CC1. The Labute approximate surface area is 114 Å². The predicted molar refractivity (Wildman–Crippen MR) is 72.6 cm³/mol. The van der Waals surface area contributed by atoms with Gasteiger partial charge in [0.05, 0.1) is 12.1 Å². The van der Waals surface area contributed by atoms with Crippen LogP contribution in [0, 0.1) is 5.92 Å². The van der Waals surface area contributed by atoms with Gasteiger partial charge in [0, 0.05) is 6.54 Å². The molecule has 0 spiro atoms. The van der Waals surface area contributed by atoms with E-state index in [2.05, 4.69) is 12.2 Å². The van der Waals surface area contributed by atoms with Gasteiger partial charge < -0.3 is 14.8 Å². The zero-order valence-electron chi connectivity index (χ0n) is 10.9. The van der Waals surface area contributed by atoms with Gasteiger partial charge >= 0.3 is 0 Å². The lowest BCUT2D eigenvalue weighted by atomic mass is 9.78. The molecule has 1 fully saturated rings. The highest BCUT2D eigenvalue weighted by atomic mass is 35.5. The van der Waals surface area contributed by atoms with E-state index in [1.807, 2.05) is 6.07 Å². The summed E-state index contributed by atoms with van der Waals surface area (Å²) in [6, 6.07) is 3.59. The Morgan fingerprint density at radius 2 is 2.17 bits per heavy atom. The zero-order valence-corrected chi connectivity index (χ0v) is 11.7. The number of hydrogen-bond donors (Lipinski definition) is 2. The fourth-order valence-electron chi connectivity index (χ4n) is 2.67. The van der Waals surface area contributed by atoms with Crippen molar-refractivity contribution >= 4 is 11.6 Å². The third-order valence-corrected chi connectivity index (χ3v) is 4.20. The van der Waals surface area contributed by atoms with Gasteiger partial charge in [0.25, 0.3) is 0 Å². The van der Waals surface area contributed by atoms with Crippen molar-refractivity contribution in [3.8, 4) is 0 Å². The first-order chi connectivity index (χ1) is 8.61. The fourth-order valence-corrected chi connectivity index (χ4v) is 2.83. The van der Waals surface area contributed by atoms with E-state index in [9.17, 15) is 5.11 Å². The van der Waals surface area contributed by atoms with Crippen LogP contribution in [-0.4, -0.2) is 17.3 Å². The topological polar surface area (TPSA) is 45.4 Å². The average molecular weight is 272 g/mol. The molecule has 0 amide bonds. The zero-order chi connectivity index (χ0) is 13.0. The van der Waals surface area contributed by atoms with Crippen LogP contribution >= 0.6 is 11.6 Å². The standard InChI is InChI=1S/C14H22ClNO2/c1-2-11-5-7-14(17,8-6-11)10-16-9-12-3-4-13(15)18-12/h3-4,11,16-17H,2,5-10H2,1H3. The molecule has 2 N–H and O–H groups in total. The van der Waals surface area contributed by atoms with Crippen molar-refractivity contribution in [2.24, 2.45) is 5.92 Å². The molecule has 1 aliphatic carbocycles. The van der Waals surface area contributed by atoms with Crippen molar-refractivity contribution < 1.29 is 9.52 Å².